The number of methoxy groups -OCH3 is 1. The molecule has 0 fully saturated rings. The van der Waals surface area contributed by atoms with Gasteiger partial charge < -0.3 is 15.5 Å². The number of carbonyl (C=O) groups is 1. The van der Waals surface area contributed by atoms with Crippen molar-refractivity contribution in [2.24, 2.45) is 5.84 Å². The van der Waals surface area contributed by atoms with Crippen LogP contribution in [0.25, 0.3) is 0 Å². The van der Waals surface area contributed by atoms with E-state index in [4.69, 9.17) is 10.6 Å². The Morgan fingerprint density at radius 1 is 1.53 bits per heavy atom. The van der Waals surface area contributed by atoms with Gasteiger partial charge >= 0.3 is 0 Å². The van der Waals surface area contributed by atoms with E-state index in [0.29, 0.717) is 24.5 Å². The van der Waals surface area contributed by atoms with Crippen LogP contribution in [0.3, 0.4) is 0 Å². The van der Waals surface area contributed by atoms with E-state index < -0.39 is 0 Å². The van der Waals surface area contributed by atoms with Gasteiger partial charge in [-0.2, -0.15) is 0 Å². The molecule has 1 rings (SSSR count). The maximum Gasteiger partial charge on any atom is 0.252 e. The number of hydrogen-bond acceptors (Lipinski definition) is 5. The summed E-state index contributed by atoms with van der Waals surface area (Å²) in [6.07, 6.45) is 2.26. The Morgan fingerprint density at radius 3 is 2.82 bits per heavy atom. The zero-order valence-corrected chi connectivity index (χ0v) is 10.4. The largest absolute Gasteiger partial charge is 0.385 e. The van der Waals surface area contributed by atoms with E-state index in [1.54, 1.807) is 19.2 Å². The first-order valence-corrected chi connectivity index (χ1v) is 4.97. The van der Waals surface area contributed by atoms with Crippen LogP contribution >= 0.6 is 12.4 Å². The molecule has 96 valence electrons. The molecule has 0 aromatic carbocycles. The molecule has 0 radical (unpaired) electrons. The molecule has 4 N–H and O–H groups in total. The first-order valence-electron chi connectivity index (χ1n) is 4.97. The van der Waals surface area contributed by atoms with Gasteiger partial charge in [0.15, 0.2) is 0 Å². The number of amides is 1. The number of nitrogens with one attached hydrogen (secondary N) is 2. The summed E-state index contributed by atoms with van der Waals surface area (Å²) in [6.45, 7) is 1.22. The van der Waals surface area contributed by atoms with Crippen molar-refractivity contribution in [1.29, 1.82) is 0 Å². The summed E-state index contributed by atoms with van der Waals surface area (Å²) in [5.74, 6) is 5.54. The average molecular weight is 261 g/mol. The molecule has 0 aliphatic rings. The zero-order valence-electron chi connectivity index (χ0n) is 9.60. The molecule has 0 aliphatic heterocycles. The molecular formula is C10H17ClN4O2. The number of hydrazine groups is 1. The van der Waals surface area contributed by atoms with Crippen LogP contribution in [-0.2, 0) is 4.74 Å². The van der Waals surface area contributed by atoms with Crippen LogP contribution in [0.5, 0.6) is 0 Å². The molecule has 0 saturated heterocycles. The summed E-state index contributed by atoms with van der Waals surface area (Å²) in [4.78, 5) is 15.5. The van der Waals surface area contributed by atoms with Crippen molar-refractivity contribution in [1.82, 2.24) is 10.3 Å². The molecule has 6 nitrogen and oxygen atoms in total. The summed E-state index contributed by atoms with van der Waals surface area (Å²) >= 11 is 0. The van der Waals surface area contributed by atoms with E-state index in [1.807, 2.05) is 0 Å². The lowest BCUT2D eigenvalue weighted by atomic mass is 10.2. The molecule has 1 aromatic heterocycles. The van der Waals surface area contributed by atoms with Crippen molar-refractivity contribution in [2.45, 2.75) is 6.42 Å². The molecule has 0 bridgehead atoms. The van der Waals surface area contributed by atoms with Crippen molar-refractivity contribution in [2.75, 3.05) is 25.7 Å². The number of carbonyl (C=O) groups excluding carboxylic acids is 1. The highest BCUT2D eigenvalue weighted by molar-refractivity contribution is 5.93. The fraction of sp³-hybridized carbons (Fsp3) is 0.400. The van der Waals surface area contributed by atoms with Gasteiger partial charge in [0.1, 0.15) is 5.82 Å². The van der Waals surface area contributed by atoms with Gasteiger partial charge in [0.2, 0.25) is 0 Å². The highest BCUT2D eigenvalue weighted by atomic mass is 35.5. The Labute approximate surface area is 106 Å². The Bertz CT molecular complexity index is 332. The number of aromatic nitrogens is 1. The molecule has 0 aliphatic carbocycles. The number of halogens is 1. The summed E-state index contributed by atoms with van der Waals surface area (Å²) in [6, 6.07) is 3.30. The lowest BCUT2D eigenvalue weighted by Gasteiger charge is -2.05. The standard InChI is InChI=1S/C10H16N4O2.ClH/c1-16-6-2-5-12-10(15)8-3-4-9(14-11)13-7-8;/h3-4,7H,2,5-6,11H2,1H3,(H,12,15)(H,13,14);1H. The lowest BCUT2D eigenvalue weighted by Crippen LogP contribution is -2.25. The number of anilines is 1. The number of pyridine rings is 1. The molecule has 7 heteroatoms. The number of nitrogens with two attached hydrogens (primary N) is 1. The minimum absolute atomic E-state index is 0. The van der Waals surface area contributed by atoms with Crippen LogP contribution in [0.4, 0.5) is 5.82 Å². The SMILES string of the molecule is COCCCNC(=O)c1ccc(NN)nc1.Cl. The van der Waals surface area contributed by atoms with E-state index >= 15 is 0 Å². The lowest BCUT2D eigenvalue weighted by molar-refractivity contribution is 0.0948. The number of nitrogens with zero attached hydrogens (tertiary/aromatic N) is 1. The Balaban J connectivity index is 0.00000256. The van der Waals surface area contributed by atoms with Crippen molar-refractivity contribution in [3.05, 3.63) is 23.9 Å². The maximum atomic E-state index is 11.6. The van der Waals surface area contributed by atoms with Crippen LogP contribution in [0.2, 0.25) is 0 Å². The Kier molecular flexibility index (Phi) is 8.04. The normalized spacial score (nSPS) is 9.29. The van der Waals surface area contributed by atoms with Crippen LogP contribution < -0.4 is 16.6 Å². The summed E-state index contributed by atoms with van der Waals surface area (Å²) in [5.41, 5.74) is 2.90. The van der Waals surface area contributed by atoms with Crippen molar-refractivity contribution in [3.8, 4) is 0 Å². The second-order valence-electron chi connectivity index (χ2n) is 3.18. The van der Waals surface area contributed by atoms with Gasteiger partial charge in [0.25, 0.3) is 5.91 Å². The Hall–Kier alpha value is -1.37. The molecule has 0 unspecified atom stereocenters. The fourth-order valence-electron chi connectivity index (χ4n) is 1.13. The van der Waals surface area contributed by atoms with Crippen molar-refractivity contribution < 1.29 is 9.53 Å². The molecule has 0 atom stereocenters. The van der Waals surface area contributed by atoms with Crippen molar-refractivity contribution in [3.63, 3.8) is 0 Å². The summed E-state index contributed by atoms with van der Waals surface area (Å²) in [5, 5.41) is 2.76. The van der Waals surface area contributed by atoms with E-state index in [9.17, 15) is 4.79 Å². The number of rotatable bonds is 6. The van der Waals surface area contributed by atoms with E-state index in [2.05, 4.69) is 15.7 Å². The quantitative estimate of drug-likeness (QED) is 0.395. The van der Waals surface area contributed by atoms with Crippen LogP contribution in [-0.4, -0.2) is 31.2 Å². The molecule has 1 aromatic rings. The Morgan fingerprint density at radius 2 is 2.29 bits per heavy atom. The molecule has 0 saturated carbocycles. The second-order valence-corrected chi connectivity index (χ2v) is 3.18. The van der Waals surface area contributed by atoms with Crippen LogP contribution in [0.1, 0.15) is 16.8 Å². The predicted molar refractivity (Wildman–Crippen MR) is 68.1 cm³/mol. The third-order valence-corrected chi connectivity index (χ3v) is 1.98. The van der Waals surface area contributed by atoms with Crippen LogP contribution in [0.15, 0.2) is 18.3 Å². The third kappa shape index (κ3) is 5.48. The van der Waals surface area contributed by atoms with Crippen LogP contribution in [0, 0.1) is 0 Å². The van der Waals surface area contributed by atoms with Crippen molar-refractivity contribution >= 4 is 24.1 Å². The number of ether oxygens (including phenoxy) is 1. The van der Waals surface area contributed by atoms with Gasteiger partial charge in [0.05, 0.1) is 5.56 Å². The zero-order chi connectivity index (χ0) is 11.8. The van der Waals surface area contributed by atoms with E-state index in [-0.39, 0.29) is 18.3 Å². The molecular weight excluding hydrogens is 244 g/mol. The average Bonchev–Trinajstić information content (AvgIpc) is 2.34. The molecule has 17 heavy (non-hydrogen) atoms. The highest BCUT2D eigenvalue weighted by Crippen LogP contribution is 2.03. The number of hydrogen-bond donors (Lipinski definition) is 3. The topological polar surface area (TPSA) is 89.3 Å². The summed E-state index contributed by atoms with van der Waals surface area (Å²) < 4.78 is 4.87. The smallest absolute Gasteiger partial charge is 0.252 e. The second kappa shape index (κ2) is 8.74. The summed E-state index contributed by atoms with van der Waals surface area (Å²) in [7, 11) is 1.63. The predicted octanol–water partition coefficient (Wildman–Crippen LogP) is 0.555. The monoisotopic (exact) mass is 260 g/mol. The van der Waals surface area contributed by atoms with Gasteiger partial charge in [-0.15, -0.1) is 12.4 Å². The molecule has 1 heterocycles. The highest BCUT2D eigenvalue weighted by Gasteiger charge is 2.04. The third-order valence-electron chi connectivity index (χ3n) is 1.98. The molecule has 0 spiro atoms. The van der Waals surface area contributed by atoms with Gasteiger partial charge in [-0.25, -0.2) is 10.8 Å². The maximum absolute atomic E-state index is 11.6. The first kappa shape index (κ1) is 15.6. The van der Waals surface area contributed by atoms with Gasteiger partial charge in [-0.05, 0) is 18.6 Å². The van der Waals surface area contributed by atoms with Gasteiger partial charge in [-0.1, -0.05) is 0 Å². The van der Waals surface area contributed by atoms with E-state index in [1.165, 1.54) is 6.20 Å². The minimum atomic E-state index is -0.146. The van der Waals surface area contributed by atoms with Gasteiger partial charge in [-0.3, -0.25) is 4.79 Å². The fourth-order valence-corrected chi connectivity index (χ4v) is 1.13. The van der Waals surface area contributed by atoms with Gasteiger partial charge in [0, 0.05) is 26.5 Å². The molecule has 1 amide bonds. The first-order chi connectivity index (χ1) is 7.77. The van der Waals surface area contributed by atoms with E-state index in [0.717, 1.165) is 6.42 Å². The number of nitrogen functional groups attached to an aromatic ring is 1. The minimum Gasteiger partial charge on any atom is -0.385 e.